The Bertz CT molecular complexity index is 142. The first-order valence-corrected chi connectivity index (χ1v) is 5.89. The van der Waals surface area contributed by atoms with Crippen LogP contribution in [0.25, 0.3) is 0 Å². The van der Waals surface area contributed by atoms with Crippen LogP contribution in [0.15, 0.2) is 0 Å². The Kier molecular flexibility index (Phi) is 6.92. The molecule has 1 saturated heterocycles. The lowest BCUT2D eigenvalue weighted by Gasteiger charge is -2.34. The van der Waals surface area contributed by atoms with Gasteiger partial charge in [-0.1, -0.05) is 0 Å². The van der Waals surface area contributed by atoms with E-state index in [0.29, 0.717) is 6.04 Å². The summed E-state index contributed by atoms with van der Waals surface area (Å²) in [6.45, 7) is 5.48. The molecule has 1 aliphatic heterocycles. The first-order chi connectivity index (χ1) is 7.38. The van der Waals surface area contributed by atoms with Gasteiger partial charge in [-0.25, -0.2) is 0 Å². The Morgan fingerprint density at radius 3 is 2.67 bits per heavy atom. The molecule has 0 aromatic carbocycles. The highest BCUT2D eigenvalue weighted by molar-refractivity contribution is 4.74. The van der Waals surface area contributed by atoms with Gasteiger partial charge >= 0.3 is 0 Å². The number of methoxy groups -OCH3 is 1. The highest BCUT2D eigenvalue weighted by Gasteiger charge is 2.20. The zero-order valence-electron chi connectivity index (χ0n) is 9.78. The van der Waals surface area contributed by atoms with Crippen molar-refractivity contribution in [3.8, 4) is 0 Å². The van der Waals surface area contributed by atoms with Gasteiger partial charge in [0, 0.05) is 32.9 Å². The smallest absolute Gasteiger partial charge is 0.0589 e. The SMILES string of the molecule is COCCN(CCCN)C1CCOCC1. The lowest BCUT2D eigenvalue weighted by Crippen LogP contribution is -2.42. The van der Waals surface area contributed by atoms with Crippen LogP contribution < -0.4 is 5.73 Å². The standard InChI is InChI=1S/C11H24N2O2/c1-14-10-7-13(6-2-5-12)11-3-8-15-9-4-11/h11H,2-10,12H2,1H3. The molecule has 1 heterocycles. The van der Waals surface area contributed by atoms with E-state index in [-0.39, 0.29) is 0 Å². The second kappa shape index (κ2) is 8.05. The normalized spacial score (nSPS) is 18.6. The molecule has 2 N–H and O–H groups in total. The Morgan fingerprint density at radius 2 is 2.07 bits per heavy atom. The maximum absolute atomic E-state index is 5.55. The van der Waals surface area contributed by atoms with Crippen LogP contribution in [0, 0.1) is 0 Å². The van der Waals surface area contributed by atoms with E-state index in [1.54, 1.807) is 7.11 Å². The fourth-order valence-electron chi connectivity index (χ4n) is 2.03. The maximum Gasteiger partial charge on any atom is 0.0589 e. The molecule has 0 amide bonds. The van der Waals surface area contributed by atoms with Gasteiger partial charge < -0.3 is 15.2 Å². The molecule has 0 aromatic rings. The van der Waals surface area contributed by atoms with Gasteiger partial charge in [-0.15, -0.1) is 0 Å². The van der Waals surface area contributed by atoms with E-state index in [4.69, 9.17) is 15.2 Å². The van der Waals surface area contributed by atoms with Gasteiger partial charge in [0.25, 0.3) is 0 Å². The minimum atomic E-state index is 0.667. The zero-order valence-corrected chi connectivity index (χ0v) is 9.78. The molecular formula is C11H24N2O2. The van der Waals surface area contributed by atoms with Gasteiger partial charge in [-0.3, -0.25) is 4.90 Å². The van der Waals surface area contributed by atoms with E-state index in [0.717, 1.165) is 58.7 Å². The summed E-state index contributed by atoms with van der Waals surface area (Å²) in [6, 6.07) is 0.667. The fraction of sp³-hybridized carbons (Fsp3) is 1.00. The molecule has 0 atom stereocenters. The molecule has 90 valence electrons. The lowest BCUT2D eigenvalue weighted by molar-refractivity contribution is 0.0244. The quantitative estimate of drug-likeness (QED) is 0.672. The van der Waals surface area contributed by atoms with Crippen LogP contribution in [-0.4, -0.2) is 57.5 Å². The van der Waals surface area contributed by atoms with Gasteiger partial charge in [-0.05, 0) is 32.4 Å². The molecule has 0 spiro atoms. The van der Waals surface area contributed by atoms with Crippen LogP contribution in [0.1, 0.15) is 19.3 Å². The first kappa shape index (κ1) is 12.9. The molecule has 1 fully saturated rings. The van der Waals surface area contributed by atoms with Crippen LogP contribution in [-0.2, 0) is 9.47 Å². The third-order valence-corrected chi connectivity index (χ3v) is 2.94. The van der Waals surface area contributed by atoms with Crippen molar-refractivity contribution in [2.45, 2.75) is 25.3 Å². The predicted octanol–water partition coefficient (Wildman–Crippen LogP) is 0.463. The zero-order chi connectivity index (χ0) is 10.9. The molecule has 1 aliphatic rings. The van der Waals surface area contributed by atoms with Crippen LogP contribution in [0.3, 0.4) is 0 Å². The van der Waals surface area contributed by atoms with Crippen molar-refractivity contribution in [3.05, 3.63) is 0 Å². The number of hydrogen-bond acceptors (Lipinski definition) is 4. The third kappa shape index (κ3) is 4.93. The molecule has 0 aromatic heterocycles. The van der Waals surface area contributed by atoms with E-state index in [1.807, 2.05) is 0 Å². The highest BCUT2D eigenvalue weighted by atomic mass is 16.5. The van der Waals surface area contributed by atoms with Crippen molar-refractivity contribution < 1.29 is 9.47 Å². The number of ether oxygens (including phenoxy) is 2. The minimum Gasteiger partial charge on any atom is -0.383 e. The molecule has 0 radical (unpaired) electrons. The largest absolute Gasteiger partial charge is 0.383 e. The van der Waals surface area contributed by atoms with E-state index in [2.05, 4.69) is 4.90 Å². The lowest BCUT2D eigenvalue weighted by atomic mass is 10.1. The average Bonchev–Trinajstić information content (AvgIpc) is 2.30. The summed E-state index contributed by atoms with van der Waals surface area (Å²) in [5, 5.41) is 0. The van der Waals surface area contributed by atoms with Crippen molar-refractivity contribution in [3.63, 3.8) is 0 Å². The highest BCUT2D eigenvalue weighted by Crippen LogP contribution is 2.14. The third-order valence-electron chi connectivity index (χ3n) is 2.94. The van der Waals surface area contributed by atoms with Crippen molar-refractivity contribution >= 4 is 0 Å². The molecule has 0 saturated carbocycles. The van der Waals surface area contributed by atoms with Crippen LogP contribution >= 0.6 is 0 Å². The summed E-state index contributed by atoms with van der Waals surface area (Å²) in [4.78, 5) is 2.50. The van der Waals surface area contributed by atoms with Crippen molar-refractivity contribution in [2.75, 3.05) is 46.6 Å². The summed E-state index contributed by atoms with van der Waals surface area (Å²) in [6.07, 6.45) is 3.36. The summed E-state index contributed by atoms with van der Waals surface area (Å²) in [5.41, 5.74) is 5.55. The van der Waals surface area contributed by atoms with E-state index >= 15 is 0 Å². The molecule has 0 unspecified atom stereocenters. The van der Waals surface area contributed by atoms with Gasteiger partial charge in [0.2, 0.25) is 0 Å². The van der Waals surface area contributed by atoms with E-state index in [9.17, 15) is 0 Å². The van der Waals surface area contributed by atoms with Crippen LogP contribution in [0.2, 0.25) is 0 Å². The molecule has 1 rings (SSSR count). The summed E-state index contributed by atoms with van der Waals surface area (Å²) >= 11 is 0. The van der Waals surface area contributed by atoms with Gasteiger partial charge in [-0.2, -0.15) is 0 Å². The van der Waals surface area contributed by atoms with E-state index in [1.165, 1.54) is 0 Å². The second-order valence-electron chi connectivity index (χ2n) is 4.01. The maximum atomic E-state index is 5.55. The summed E-state index contributed by atoms with van der Waals surface area (Å²) in [7, 11) is 1.76. The molecule has 15 heavy (non-hydrogen) atoms. The summed E-state index contributed by atoms with van der Waals surface area (Å²) in [5.74, 6) is 0. The van der Waals surface area contributed by atoms with Crippen LogP contribution in [0.5, 0.6) is 0 Å². The number of rotatable bonds is 7. The number of nitrogens with zero attached hydrogens (tertiary/aromatic N) is 1. The molecular weight excluding hydrogens is 192 g/mol. The number of hydrogen-bond donors (Lipinski definition) is 1. The second-order valence-corrected chi connectivity index (χ2v) is 4.01. The van der Waals surface area contributed by atoms with Gasteiger partial charge in [0.15, 0.2) is 0 Å². The Hall–Kier alpha value is -0.160. The molecule has 4 heteroatoms. The minimum absolute atomic E-state index is 0.667. The predicted molar refractivity (Wildman–Crippen MR) is 61.0 cm³/mol. The molecule has 4 nitrogen and oxygen atoms in total. The monoisotopic (exact) mass is 216 g/mol. The van der Waals surface area contributed by atoms with Crippen molar-refractivity contribution in [1.29, 1.82) is 0 Å². The van der Waals surface area contributed by atoms with Crippen molar-refractivity contribution in [2.24, 2.45) is 5.73 Å². The Balaban J connectivity index is 2.30. The fourth-order valence-corrected chi connectivity index (χ4v) is 2.03. The van der Waals surface area contributed by atoms with Gasteiger partial charge in [0.1, 0.15) is 0 Å². The number of nitrogens with two attached hydrogens (primary N) is 1. The van der Waals surface area contributed by atoms with Crippen molar-refractivity contribution in [1.82, 2.24) is 4.90 Å². The van der Waals surface area contributed by atoms with Gasteiger partial charge in [0.05, 0.1) is 6.61 Å². The summed E-state index contributed by atoms with van der Waals surface area (Å²) < 4.78 is 10.5. The first-order valence-electron chi connectivity index (χ1n) is 5.89. The molecule has 0 bridgehead atoms. The topological polar surface area (TPSA) is 47.7 Å². The van der Waals surface area contributed by atoms with E-state index < -0.39 is 0 Å². The molecule has 0 aliphatic carbocycles. The Morgan fingerprint density at radius 1 is 1.33 bits per heavy atom. The van der Waals surface area contributed by atoms with Crippen LogP contribution in [0.4, 0.5) is 0 Å². The average molecular weight is 216 g/mol. The Labute approximate surface area is 92.7 Å².